The smallest absolute Gasteiger partial charge is 0.252 e. The molecule has 24 heavy (non-hydrogen) atoms. The molecule has 1 amide bonds. The minimum absolute atomic E-state index is 0.0834. The van der Waals surface area contributed by atoms with Crippen molar-refractivity contribution in [1.29, 1.82) is 0 Å². The van der Waals surface area contributed by atoms with E-state index >= 15 is 0 Å². The molecule has 1 heterocycles. The Morgan fingerprint density at radius 1 is 1.38 bits per heavy atom. The largest absolute Gasteiger partial charge is 0.380 e. The second kappa shape index (κ2) is 7.98. The number of halogens is 1. The number of nitrogens with two attached hydrogens (primary N) is 1. The lowest BCUT2D eigenvalue weighted by atomic mass is 10.1. The average molecular weight is 369 g/mol. The summed E-state index contributed by atoms with van der Waals surface area (Å²) in [6.07, 6.45) is 1.31. The number of pyridine rings is 1. The number of benzene rings is 1. The van der Waals surface area contributed by atoms with E-state index in [2.05, 4.69) is 10.3 Å². The van der Waals surface area contributed by atoms with Crippen molar-refractivity contribution in [2.24, 2.45) is 5.73 Å². The van der Waals surface area contributed by atoms with E-state index in [1.54, 1.807) is 11.9 Å². The first-order valence-electron chi connectivity index (χ1n) is 6.98. The predicted molar refractivity (Wildman–Crippen MR) is 95.1 cm³/mol. The second-order valence-electron chi connectivity index (χ2n) is 5.07. The Kier molecular flexibility index (Phi) is 5.99. The lowest BCUT2D eigenvalue weighted by Crippen LogP contribution is -2.21. The number of nitrogens with zero attached hydrogens (tertiary/aromatic N) is 2. The zero-order valence-electron chi connectivity index (χ0n) is 12.9. The van der Waals surface area contributed by atoms with Crippen molar-refractivity contribution in [2.75, 3.05) is 23.1 Å². The van der Waals surface area contributed by atoms with Crippen LogP contribution in [0, 0.1) is 0 Å². The van der Waals surface area contributed by atoms with Crippen LogP contribution in [0.5, 0.6) is 0 Å². The summed E-state index contributed by atoms with van der Waals surface area (Å²) in [5, 5.41) is 3.33. The molecule has 128 valence electrons. The molecule has 1 aromatic carbocycles. The molecule has 0 radical (unpaired) electrons. The fraction of sp³-hybridized carbons (Fsp3) is 0.200. The monoisotopic (exact) mass is 368 g/mol. The zero-order valence-corrected chi connectivity index (χ0v) is 14.6. The van der Waals surface area contributed by atoms with E-state index < -0.39 is 16.6 Å². The molecule has 0 aliphatic rings. The fourth-order valence-corrected chi connectivity index (χ4v) is 2.90. The number of primary amides is 1. The molecule has 0 atom stereocenters. The maximum atomic E-state index is 11.5. The summed E-state index contributed by atoms with van der Waals surface area (Å²) >= 11 is 5.86. The average Bonchev–Trinajstić information content (AvgIpc) is 2.52. The number of anilines is 2. The van der Waals surface area contributed by atoms with Crippen molar-refractivity contribution < 1.29 is 13.2 Å². The highest BCUT2D eigenvalue weighted by atomic mass is 35.5. The SMILES string of the molecule is CN(C[SH](=O)=O)c1ccccc1CNc1cc(Cl)ncc1C(N)=O. The van der Waals surface area contributed by atoms with Gasteiger partial charge >= 0.3 is 0 Å². The number of hydrogen-bond donors (Lipinski definition) is 3. The topological polar surface area (TPSA) is 105 Å². The summed E-state index contributed by atoms with van der Waals surface area (Å²) in [5.41, 5.74) is 7.66. The van der Waals surface area contributed by atoms with Crippen molar-refractivity contribution in [1.82, 2.24) is 4.98 Å². The minimum atomic E-state index is -2.53. The van der Waals surface area contributed by atoms with Gasteiger partial charge in [-0.2, -0.15) is 0 Å². The fourth-order valence-electron chi connectivity index (χ4n) is 2.25. The van der Waals surface area contributed by atoms with Crippen LogP contribution in [-0.2, 0) is 17.2 Å². The summed E-state index contributed by atoms with van der Waals surface area (Å²) < 4.78 is 21.9. The number of para-hydroxylation sites is 1. The molecule has 0 spiro atoms. The van der Waals surface area contributed by atoms with Gasteiger partial charge in [-0.05, 0) is 17.7 Å². The van der Waals surface area contributed by atoms with E-state index in [0.29, 0.717) is 12.2 Å². The minimum Gasteiger partial charge on any atom is -0.380 e. The third-order valence-corrected chi connectivity index (χ3v) is 4.20. The van der Waals surface area contributed by atoms with Crippen LogP contribution in [0.25, 0.3) is 0 Å². The third kappa shape index (κ3) is 4.59. The first-order chi connectivity index (χ1) is 11.4. The van der Waals surface area contributed by atoms with Crippen molar-refractivity contribution in [3.8, 4) is 0 Å². The number of rotatable bonds is 7. The molecule has 0 unspecified atom stereocenters. The van der Waals surface area contributed by atoms with Gasteiger partial charge in [-0.15, -0.1) is 0 Å². The summed E-state index contributed by atoms with van der Waals surface area (Å²) in [6.45, 7) is 0.358. The van der Waals surface area contributed by atoms with Crippen LogP contribution in [0.2, 0.25) is 5.15 Å². The molecule has 3 N–H and O–H groups in total. The third-order valence-electron chi connectivity index (χ3n) is 3.34. The van der Waals surface area contributed by atoms with Gasteiger partial charge in [0.25, 0.3) is 5.91 Å². The van der Waals surface area contributed by atoms with Gasteiger partial charge < -0.3 is 16.0 Å². The highest BCUT2D eigenvalue weighted by molar-refractivity contribution is 7.72. The Morgan fingerprint density at radius 3 is 2.75 bits per heavy atom. The number of hydrogen-bond acceptors (Lipinski definition) is 6. The Bertz CT molecular complexity index is 818. The molecule has 2 aromatic rings. The van der Waals surface area contributed by atoms with Crippen molar-refractivity contribution in [3.63, 3.8) is 0 Å². The van der Waals surface area contributed by atoms with Gasteiger partial charge in [0.15, 0.2) is 10.7 Å². The first-order valence-corrected chi connectivity index (χ1v) is 8.72. The lowest BCUT2D eigenvalue weighted by Gasteiger charge is -2.20. The first kappa shape index (κ1) is 18.0. The van der Waals surface area contributed by atoms with E-state index in [0.717, 1.165) is 11.3 Å². The van der Waals surface area contributed by atoms with Crippen LogP contribution >= 0.6 is 11.6 Å². The van der Waals surface area contributed by atoms with Gasteiger partial charge in [0.1, 0.15) is 11.0 Å². The molecule has 7 nitrogen and oxygen atoms in total. The Labute approximate surface area is 146 Å². The van der Waals surface area contributed by atoms with E-state index in [4.69, 9.17) is 17.3 Å². The van der Waals surface area contributed by atoms with Crippen LogP contribution in [0.4, 0.5) is 11.4 Å². The van der Waals surface area contributed by atoms with Crippen LogP contribution in [0.15, 0.2) is 36.5 Å². The number of nitrogens with one attached hydrogen (secondary N) is 1. The number of carbonyl (C=O) groups is 1. The van der Waals surface area contributed by atoms with E-state index in [9.17, 15) is 13.2 Å². The van der Waals surface area contributed by atoms with Crippen LogP contribution in [-0.4, -0.2) is 32.2 Å². The molecular formula is C15H17ClN4O3S. The summed E-state index contributed by atoms with van der Waals surface area (Å²) in [6, 6.07) is 8.88. The maximum absolute atomic E-state index is 11.5. The van der Waals surface area contributed by atoms with E-state index in [1.165, 1.54) is 12.3 Å². The van der Waals surface area contributed by atoms with Crippen LogP contribution in [0.3, 0.4) is 0 Å². The maximum Gasteiger partial charge on any atom is 0.252 e. The van der Waals surface area contributed by atoms with Gasteiger partial charge in [0, 0.05) is 25.5 Å². The standard InChI is InChI=1S/C15H17ClN4O3S/c1-20(9-24(22)23)13-5-3-2-4-10(13)7-18-12-6-14(16)19-8-11(12)15(17)21/h2-6,8,24H,7,9H2,1H3,(H2,17,21)(H,18,19). The Balaban J connectivity index is 2.24. The summed E-state index contributed by atoms with van der Waals surface area (Å²) in [7, 11) is -0.832. The van der Waals surface area contributed by atoms with Crippen LogP contribution < -0.4 is 16.0 Å². The highest BCUT2D eigenvalue weighted by Crippen LogP contribution is 2.23. The van der Waals surface area contributed by atoms with Gasteiger partial charge in [0.2, 0.25) is 0 Å². The number of thiol groups is 1. The normalized spacial score (nSPS) is 10.6. The molecule has 0 saturated carbocycles. The molecule has 1 aromatic heterocycles. The molecule has 0 bridgehead atoms. The van der Waals surface area contributed by atoms with Gasteiger partial charge in [-0.3, -0.25) is 4.79 Å². The molecular weight excluding hydrogens is 352 g/mol. The predicted octanol–water partition coefficient (Wildman–Crippen LogP) is 1.45. The van der Waals surface area contributed by atoms with E-state index in [-0.39, 0.29) is 16.6 Å². The van der Waals surface area contributed by atoms with E-state index in [1.807, 2.05) is 24.3 Å². The lowest BCUT2D eigenvalue weighted by molar-refractivity contribution is 0.100. The number of carbonyl (C=O) groups excluding carboxylic acids is 1. The molecule has 0 aliphatic heterocycles. The van der Waals surface area contributed by atoms with Crippen LogP contribution in [0.1, 0.15) is 15.9 Å². The highest BCUT2D eigenvalue weighted by Gasteiger charge is 2.12. The van der Waals surface area contributed by atoms with Crippen molar-refractivity contribution >= 4 is 39.6 Å². The summed E-state index contributed by atoms with van der Waals surface area (Å²) in [5.74, 6) is -0.699. The molecule has 0 aliphatic carbocycles. The number of aromatic nitrogens is 1. The molecule has 9 heteroatoms. The van der Waals surface area contributed by atoms with Gasteiger partial charge in [-0.25, -0.2) is 13.4 Å². The molecule has 0 fully saturated rings. The van der Waals surface area contributed by atoms with Crippen molar-refractivity contribution in [2.45, 2.75) is 6.54 Å². The van der Waals surface area contributed by atoms with Gasteiger partial charge in [0.05, 0.1) is 11.3 Å². The number of amides is 1. The Hall–Kier alpha value is -2.32. The Morgan fingerprint density at radius 2 is 2.08 bits per heavy atom. The molecule has 0 saturated heterocycles. The molecule has 2 rings (SSSR count). The summed E-state index contributed by atoms with van der Waals surface area (Å²) in [4.78, 5) is 16.9. The quantitative estimate of drug-likeness (QED) is 0.504. The van der Waals surface area contributed by atoms with Crippen molar-refractivity contribution in [3.05, 3.63) is 52.8 Å². The second-order valence-corrected chi connectivity index (χ2v) is 6.41. The van der Waals surface area contributed by atoms with Gasteiger partial charge in [-0.1, -0.05) is 29.8 Å². The zero-order chi connectivity index (χ0) is 17.7.